The van der Waals surface area contributed by atoms with Crippen LogP contribution in [0, 0.1) is 0 Å². The summed E-state index contributed by atoms with van der Waals surface area (Å²) in [5.74, 6) is -8.52. The van der Waals surface area contributed by atoms with Crippen LogP contribution in [0.3, 0.4) is 0 Å². The molecule has 9 heteroatoms. The van der Waals surface area contributed by atoms with Crippen molar-refractivity contribution < 1.29 is 41.5 Å². The first-order chi connectivity index (χ1) is 8.10. The number of esters is 2. The van der Waals surface area contributed by atoms with E-state index in [1.54, 1.807) is 0 Å². The zero-order valence-corrected chi connectivity index (χ0v) is 8.26. The van der Waals surface area contributed by atoms with E-state index in [1.165, 1.54) is 0 Å². The fourth-order valence-electron chi connectivity index (χ4n) is 2.83. The molecule has 0 aromatic rings. The molecule has 5 nitrogen and oxygen atoms in total. The van der Waals surface area contributed by atoms with Crippen LogP contribution in [0.25, 0.3) is 0 Å². The normalized spacial score (nSPS) is 54.0. The van der Waals surface area contributed by atoms with Crippen molar-refractivity contribution in [3.8, 4) is 0 Å². The predicted octanol–water partition coefficient (Wildman–Crippen LogP) is -0.541. The second-order valence-electron chi connectivity index (χ2n) is 4.33. The van der Waals surface area contributed by atoms with Crippen molar-refractivity contribution >= 4 is 23.5 Å². The Bertz CT molecular complexity index is 461. The third-order valence-corrected chi connectivity index (χ3v) is 3.74. The number of halogens is 4. The molecule has 1 heterocycles. The summed E-state index contributed by atoms with van der Waals surface area (Å²) in [6.45, 7) is 0. The first-order valence-electron chi connectivity index (χ1n) is 4.69. The number of fused-ring (bicyclic) bond motifs is 4. The van der Waals surface area contributed by atoms with Crippen molar-refractivity contribution in [3.05, 3.63) is 0 Å². The summed E-state index contributed by atoms with van der Waals surface area (Å²) in [5, 5.41) is 0. The Morgan fingerprint density at radius 3 is 1.39 bits per heavy atom. The maximum Gasteiger partial charge on any atom is 0.360 e. The van der Waals surface area contributed by atoms with Crippen molar-refractivity contribution in [2.75, 3.05) is 0 Å². The van der Waals surface area contributed by atoms with Gasteiger partial charge in [-0.05, 0) is 0 Å². The van der Waals surface area contributed by atoms with Gasteiger partial charge in [-0.15, -0.1) is 0 Å². The van der Waals surface area contributed by atoms with Crippen LogP contribution in [-0.2, 0) is 23.9 Å². The van der Waals surface area contributed by atoms with Gasteiger partial charge < -0.3 is 4.74 Å². The Morgan fingerprint density at radius 2 is 1.06 bits per heavy atom. The lowest BCUT2D eigenvalue weighted by molar-refractivity contribution is -0.277. The maximum atomic E-state index is 14.1. The number of cyclic esters (lactones) is 2. The number of carbonyl (C=O) groups excluding carboxylic acids is 4. The summed E-state index contributed by atoms with van der Waals surface area (Å²) >= 11 is 0. The van der Waals surface area contributed by atoms with Gasteiger partial charge in [-0.25, -0.2) is 27.2 Å². The second-order valence-corrected chi connectivity index (χ2v) is 4.33. The molecule has 1 saturated heterocycles. The van der Waals surface area contributed by atoms with Gasteiger partial charge in [-0.3, -0.25) is 9.59 Å². The van der Waals surface area contributed by atoms with E-state index in [4.69, 9.17) is 0 Å². The van der Waals surface area contributed by atoms with E-state index >= 15 is 0 Å². The summed E-state index contributed by atoms with van der Waals surface area (Å²) < 4.78 is 59.9. The fourth-order valence-corrected chi connectivity index (χ4v) is 2.83. The minimum Gasteiger partial charge on any atom is -0.388 e. The number of alkyl halides is 4. The standard InChI is InChI=1S/C9H2F4O5/c10-6-2(14)1-3(15)7(6,11)9(13)5(17)18-4(16)8(6,9)12/h1H2. The molecule has 3 rings (SSSR count). The van der Waals surface area contributed by atoms with E-state index in [1.807, 2.05) is 0 Å². The van der Waals surface area contributed by atoms with Crippen LogP contribution >= 0.6 is 0 Å². The van der Waals surface area contributed by atoms with E-state index in [0.717, 1.165) is 0 Å². The lowest BCUT2D eigenvalue weighted by Gasteiger charge is -2.54. The molecule has 0 aromatic heterocycles. The van der Waals surface area contributed by atoms with Gasteiger partial charge in [-0.2, -0.15) is 0 Å². The number of ether oxygens (including phenoxy) is 1. The summed E-state index contributed by atoms with van der Waals surface area (Å²) in [6, 6.07) is 0. The average molecular weight is 266 g/mol. The van der Waals surface area contributed by atoms with Crippen molar-refractivity contribution in [1.29, 1.82) is 0 Å². The topological polar surface area (TPSA) is 77.5 Å². The number of rotatable bonds is 0. The van der Waals surface area contributed by atoms with Crippen molar-refractivity contribution in [3.63, 3.8) is 0 Å². The van der Waals surface area contributed by atoms with Crippen molar-refractivity contribution in [2.24, 2.45) is 0 Å². The number of hydrogen-bond donors (Lipinski definition) is 0. The van der Waals surface area contributed by atoms with Gasteiger partial charge in [0.05, 0.1) is 6.42 Å². The Labute approximate surface area is 95.1 Å². The zero-order valence-electron chi connectivity index (χ0n) is 8.26. The highest BCUT2D eigenvalue weighted by molar-refractivity contribution is 6.30. The first kappa shape index (κ1) is 11.3. The van der Waals surface area contributed by atoms with E-state index in [2.05, 4.69) is 4.74 Å². The summed E-state index contributed by atoms with van der Waals surface area (Å²) in [7, 11) is 0. The molecule has 0 amide bonds. The molecule has 3 fully saturated rings. The zero-order chi connectivity index (χ0) is 13.7. The predicted molar refractivity (Wildman–Crippen MR) is 41.1 cm³/mol. The monoisotopic (exact) mass is 266 g/mol. The second kappa shape index (κ2) is 2.34. The quantitative estimate of drug-likeness (QED) is 0.334. The summed E-state index contributed by atoms with van der Waals surface area (Å²) in [5.41, 5.74) is -17.5. The molecule has 3 aliphatic rings. The molecule has 0 spiro atoms. The van der Waals surface area contributed by atoms with Crippen LogP contribution in [0.2, 0.25) is 0 Å². The molecule has 0 radical (unpaired) electrons. The Hall–Kier alpha value is -1.80. The number of Topliss-reactive ketones (excluding diaryl/α,β-unsaturated/α-hetero) is 2. The van der Waals surface area contributed by atoms with Crippen LogP contribution in [0.15, 0.2) is 0 Å². The number of ketones is 2. The van der Waals surface area contributed by atoms with Crippen LogP contribution in [0.5, 0.6) is 0 Å². The largest absolute Gasteiger partial charge is 0.388 e. The third kappa shape index (κ3) is 0.565. The lowest BCUT2D eigenvalue weighted by atomic mass is 9.50. The maximum absolute atomic E-state index is 14.1. The lowest BCUT2D eigenvalue weighted by Crippen LogP contribution is -2.91. The van der Waals surface area contributed by atoms with Gasteiger partial charge in [0.2, 0.25) is 0 Å². The molecular formula is C9H2F4O5. The van der Waals surface area contributed by atoms with Gasteiger partial charge in [0.1, 0.15) is 0 Å². The van der Waals surface area contributed by atoms with E-state index in [0.29, 0.717) is 0 Å². The van der Waals surface area contributed by atoms with Crippen LogP contribution in [0.4, 0.5) is 17.6 Å². The van der Waals surface area contributed by atoms with Gasteiger partial charge in [-0.1, -0.05) is 0 Å². The van der Waals surface area contributed by atoms with Gasteiger partial charge in [0, 0.05) is 0 Å². The molecule has 1 aliphatic heterocycles. The third-order valence-electron chi connectivity index (χ3n) is 3.74. The summed E-state index contributed by atoms with van der Waals surface area (Å²) in [4.78, 5) is 44.3. The minimum absolute atomic E-state index is 1.43. The molecule has 0 bridgehead atoms. The number of carbonyl (C=O) groups is 4. The van der Waals surface area contributed by atoms with Gasteiger partial charge >= 0.3 is 11.9 Å². The van der Waals surface area contributed by atoms with Crippen molar-refractivity contribution in [1.82, 2.24) is 0 Å². The van der Waals surface area contributed by atoms with E-state index in [9.17, 15) is 36.7 Å². The molecule has 4 unspecified atom stereocenters. The highest BCUT2D eigenvalue weighted by Crippen LogP contribution is 2.72. The van der Waals surface area contributed by atoms with Gasteiger partial charge in [0.25, 0.3) is 22.7 Å². The first-order valence-corrected chi connectivity index (χ1v) is 4.69. The Morgan fingerprint density at radius 1 is 0.722 bits per heavy atom. The molecule has 2 aliphatic carbocycles. The molecule has 96 valence electrons. The van der Waals surface area contributed by atoms with Crippen LogP contribution < -0.4 is 0 Å². The fraction of sp³-hybridized carbons (Fsp3) is 0.556. The smallest absolute Gasteiger partial charge is 0.360 e. The highest BCUT2D eigenvalue weighted by atomic mass is 19.2. The molecule has 2 saturated carbocycles. The minimum atomic E-state index is -4.44. The molecular weight excluding hydrogens is 264 g/mol. The van der Waals surface area contributed by atoms with Crippen molar-refractivity contribution in [2.45, 2.75) is 29.1 Å². The molecule has 18 heavy (non-hydrogen) atoms. The van der Waals surface area contributed by atoms with Crippen LogP contribution in [-0.4, -0.2) is 46.2 Å². The molecule has 0 N–H and O–H groups in total. The summed E-state index contributed by atoms with van der Waals surface area (Å²) in [6.07, 6.45) is -1.43. The van der Waals surface area contributed by atoms with Crippen LogP contribution in [0.1, 0.15) is 6.42 Å². The number of hydrogen-bond acceptors (Lipinski definition) is 5. The van der Waals surface area contributed by atoms with Gasteiger partial charge in [0.15, 0.2) is 11.6 Å². The Balaban J connectivity index is 2.38. The SMILES string of the molecule is O=C1CC(=O)C2(F)C1(F)C1(F)C(=O)OC(=O)C21F. The molecule has 0 aromatic carbocycles. The Kier molecular flexibility index (Phi) is 1.47. The van der Waals surface area contributed by atoms with E-state index in [-0.39, 0.29) is 0 Å². The molecule has 4 atom stereocenters. The van der Waals surface area contributed by atoms with E-state index < -0.39 is 52.6 Å². The average Bonchev–Trinajstić information content (AvgIpc) is 2.57. The highest BCUT2D eigenvalue weighted by Gasteiger charge is 3.08.